The highest BCUT2D eigenvalue weighted by Crippen LogP contribution is 2.24. The smallest absolute Gasteiger partial charge is 0.494 e. The van der Waals surface area contributed by atoms with Crippen molar-refractivity contribution >= 4 is 11.6 Å². The van der Waals surface area contributed by atoms with Crippen LogP contribution in [-0.4, -0.2) is 18.9 Å². The van der Waals surface area contributed by atoms with Gasteiger partial charge >= 0.3 is 6.36 Å². The molecule has 7 heteroatoms. The van der Waals surface area contributed by atoms with E-state index in [4.69, 9.17) is 4.74 Å². The first-order valence-electron chi connectivity index (χ1n) is 7.77. The summed E-state index contributed by atoms with van der Waals surface area (Å²) in [7, 11) is 0. The van der Waals surface area contributed by atoms with Gasteiger partial charge in [0.25, 0.3) is 5.91 Å². The molecule has 1 amide bonds. The van der Waals surface area contributed by atoms with E-state index in [1.165, 1.54) is 12.1 Å². The fourth-order valence-electron chi connectivity index (χ4n) is 1.98. The second-order valence-corrected chi connectivity index (χ2v) is 5.25. The topological polar surface area (TPSA) is 47.6 Å². The standard InChI is InChI=1S/C18H18F3NO3/c1-2-3-12-24-15-8-4-13(5-9-15)17(23)22-14-6-10-16(11-7-14)25-18(19,20)21/h4-11H,2-3,12H2,1H3,(H,22,23). The molecule has 0 radical (unpaired) electrons. The number of hydrogen-bond acceptors (Lipinski definition) is 3. The van der Waals surface area contributed by atoms with Gasteiger partial charge in [-0.2, -0.15) is 0 Å². The van der Waals surface area contributed by atoms with Crippen LogP contribution in [0.5, 0.6) is 11.5 Å². The predicted molar refractivity (Wildman–Crippen MR) is 87.9 cm³/mol. The van der Waals surface area contributed by atoms with E-state index in [1.54, 1.807) is 24.3 Å². The zero-order valence-electron chi connectivity index (χ0n) is 13.6. The number of hydrogen-bond donors (Lipinski definition) is 1. The van der Waals surface area contributed by atoms with E-state index < -0.39 is 6.36 Å². The molecule has 0 spiro atoms. The zero-order valence-corrected chi connectivity index (χ0v) is 13.6. The Kier molecular flexibility index (Phi) is 6.27. The van der Waals surface area contributed by atoms with Crippen molar-refractivity contribution in [1.82, 2.24) is 0 Å². The Morgan fingerprint density at radius 3 is 2.16 bits per heavy atom. The van der Waals surface area contributed by atoms with Gasteiger partial charge < -0.3 is 14.8 Å². The van der Waals surface area contributed by atoms with E-state index in [0.717, 1.165) is 25.0 Å². The van der Waals surface area contributed by atoms with Crippen molar-refractivity contribution < 1.29 is 27.4 Å². The van der Waals surface area contributed by atoms with Gasteiger partial charge in [-0.3, -0.25) is 4.79 Å². The van der Waals surface area contributed by atoms with E-state index in [0.29, 0.717) is 23.6 Å². The highest BCUT2D eigenvalue weighted by Gasteiger charge is 2.30. The molecule has 0 saturated carbocycles. The largest absolute Gasteiger partial charge is 0.573 e. The molecule has 0 aromatic heterocycles. The first-order valence-corrected chi connectivity index (χ1v) is 7.77. The van der Waals surface area contributed by atoms with Crippen LogP contribution >= 0.6 is 0 Å². The summed E-state index contributed by atoms with van der Waals surface area (Å²) >= 11 is 0. The molecule has 2 aromatic rings. The molecule has 134 valence electrons. The number of benzene rings is 2. The number of anilines is 1. The minimum atomic E-state index is -4.74. The molecule has 25 heavy (non-hydrogen) atoms. The lowest BCUT2D eigenvalue weighted by molar-refractivity contribution is -0.274. The molecule has 0 bridgehead atoms. The third kappa shape index (κ3) is 6.37. The van der Waals surface area contributed by atoms with Crippen molar-refractivity contribution in [3.05, 3.63) is 54.1 Å². The van der Waals surface area contributed by atoms with Crippen LogP contribution in [0.15, 0.2) is 48.5 Å². The number of nitrogens with one attached hydrogen (secondary N) is 1. The van der Waals surface area contributed by atoms with Crippen LogP contribution in [0, 0.1) is 0 Å². The number of unbranched alkanes of at least 4 members (excludes halogenated alkanes) is 1. The van der Waals surface area contributed by atoms with Crippen molar-refractivity contribution in [2.75, 3.05) is 11.9 Å². The van der Waals surface area contributed by atoms with Crippen LogP contribution < -0.4 is 14.8 Å². The molecule has 0 aliphatic heterocycles. The Labute approximate surface area is 143 Å². The number of halogens is 3. The summed E-state index contributed by atoms with van der Waals surface area (Å²) in [6.07, 6.45) is -2.75. The first-order chi connectivity index (χ1) is 11.9. The second-order valence-electron chi connectivity index (χ2n) is 5.25. The van der Waals surface area contributed by atoms with Gasteiger partial charge in [0.1, 0.15) is 11.5 Å². The monoisotopic (exact) mass is 353 g/mol. The van der Waals surface area contributed by atoms with Crippen molar-refractivity contribution in [3.8, 4) is 11.5 Å². The molecule has 4 nitrogen and oxygen atoms in total. The minimum absolute atomic E-state index is 0.348. The number of amides is 1. The average molecular weight is 353 g/mol. The van der Waals surface area contributed by atoms with E-state index in [9.17, 15) is 18.0 Å². The van der Waals surface area contributed by atoms with E-state index in [1.807, 2.05) is 0 Å². The third-order valence-corrected chi connectivity index (χ3v) is 3.23. The normalized spacial score (nSPS) is 11.0. The Morgan fingerprint density at radius 1 is 1.00 bits per heavy atom. The van der Waals surface area contributed by atoms with Crippen molar-refractivity contribution in [1.29, 1.82) is 0 Å². The molecule has 0 heterocycles. The maximum Gasteiger partial charge on any atom is 0.573 e. The lowest BCUT2D eigenvalue weighted by atomic mass is 10.2. The molecule has 0 aliphatic carbocycles. The van der Waals surface area contributed by atoms with Crippen LogP contribution in [-0.2, 0) is 0 Å². The average Bonchev–Trinajstić information content (AvgIpc) is 2.56. The van der Waals surface area contributed by atoms with Crippen molar-refractivity contribution in [2.45, 2.75) is 26.1 Å². The van der Waals surface area contributed by atoms with Crippen molar-refractivity contribution in [3.63, 3.8) is 0 Å². The van der Waals surface area contributed by atoms with Gasteiger partial charge in [-0.25, -0.2) is 0 Å². The van der Waals surface area contributed by atoms with Crippen LogP contribution in [0.1, 0.15) is 30.1 Å². The van der Waals surface area contributed by atoms with Crippen LogP contribution in [0.25, 0.3) is 0 Å². The minimum Gasteiger partial charge on any atom is -0.494 e. The number of carbonyl (C=O) groups excluding carboxylic acids is 1. The molecular weight excluding hydrogens is 335 g/mol. The van der Waals surface area contributed by atoms with Crippen LogP contribution in [0.4, 0.5) is 18.9 Å². The Balaban J connectivity index is 1.92. The summed E-state index contributed by atoms with van der Waals surface area (Å²) in [6.45, 7) is 2.69. The number of rotatable bonds is 7. The molecular formula is C18H18F3NO3. The highest BCUT2D eigenvalue weighted by molar-refractivity contribution is 6.04. The lowest BCUT2D eigenvalue weighted by Crippen LogP contribution is -2.17. The highest BCUT2D eigenvalue weighted by atomic mass is 19.4. The van der Waals surface area contributed by atoms with E-state index in [-0.39, 0.29) is 11.7 Å². The van der Waals surface area contributed by atoms with E-state index in [2.05, 4.69) is 17.0 Å². The fraction of sp³-hybridized carbons (Fsp3) is 0.278. The maximum atomic E-state index is 12.1. The number of ether oxygens (including phenoxy) is 2. The maximum absolute atomic E-state index is 12.1. The fourth-order valence-corrected chi connectivity index (χ4v) is 1.98. The van der Waals surface area contributed by atoms with Gasteiger partial charge in [-0.05, 0) is 55.0 Å². The summed E-state index contributed by atoms with van der Waals surface area (Å²) in [5.74, 6) is -0.0395. The molecule has 0 unspecified atom stereocenters. The van der Waals surface area contributed by atoms with Gasteiger partial charge in [0.15, 0.2) is 0 Å². The summed E-state index contributed by atoms with van der Waals surface area (Å²) in [4.78, 5) is 12.1. The Morgan fingerprint density at radius 2 is 1.60 bits per heavy atom. The molecule has 0 atom stereocenters. The van der Waals surface area contributed by atoms with Gasteiger partial charge in [0, 0.05) is 11.3 Å². The SMILES string of the molecule is CCCCOc1ccc(C(=O)Nc2ccc(OC(F)(F)F)cc2)cc1. The second kappa shape index (κ2) is 8.41. The van der Waals surface area contributed by atoms with Crippen LogP contribution in [0.2, 0.25) is 0 Å². The van der Waals surface area contributed by atoms with Gasteiger partial charge in [-0.15, -0.1) is 13.2 Å². The summed E-state index contributed by atoms with van der Waals surface area (Å²) < 4.78 is 45.6. The number of alkyl halides is 3. The van der Waals surface area contributed by atoms with Gasteiger partial charge in [0.05, 0.1) is 6.61 Å². The van der Waals surface area contributed by atoms with Gasteiger partial charge in [0.2, 0.25) is 0 Å². The lowest BCUT2D eigenvalue weighted by Gasteiger charge is -2.10. The van der Waals surface area contributed by atoms with E-state index >= 15 is 0 Å². The Bertz CT molecular complexity index is 682. The molecule has 2 rings (SSSR count). The van der Waals surface area contributed by atoms with Gasteiger partial charge in [-0.1, -0.05) is 13.3 Å². The summed E-state index contributed by atoms with van der Waals surface area (Å²) in [5, 5.41) is 2.60. The third-order valence-electron chi connectivity index (χ3n) is 3.23. The quantitative estimate of drug-likeness (QED) is 0.711. The van der Waals surface area contributed by atoms with Crippen LogP contribution in [0.3, 0.4) is 0 Å². The number of carbonyl (C=O) groups is 1. The van der Waals surface area contributed by atoms with Crippen molar-refractivity contribution in [2.24, 2.45) is 0 Å². The zero-order chi connectivity index (χ0) is 18.3. The molecule has 0 saturated heterocycles. The Hall–Kier alpha value is -2.70. The first kappa shape index (κ1) is 18.6. The molecule has 2 aromatic carbocycles. The molecule has 0 fully saturated rings. The summed E-state index contributed by atoms with van der Waals surface area (Å²) in [5.41, 5.74) is 0.779. The molecule has 1 N–H and O–H groups in total. The molecule has 0 aliphatic rings. The predicted octanol–water partition coefficient (Wildman–Crippen LogP) is 5.02. The summed E-state index contributed by atoms with van der Waals surface area (Å²) in [6, 6.07) is 11.6.